The van der Waals surface area contributed by atoms with Crippen LogP contribution in [0.4, 0.5) is 5.69 Å². The second kappa shape index (κ2) is 7.80. The number of aromatic nitrogens is 2. The number of benzene rings is 3. The SMILES string of the molecule is N#C[C@]1(c2nnc(-c3ccccc3)o2)[C@H](C(=O)c2ccccc2)[C@H]1c1ccc([N+](=O)[O-])cc1. The Balaban J connectivity index is 1.60. The van der Waals surface area contributed by atoms with E-state index in [1.165, 1.54) is 12.1 Å². The van der Waals surface area contributed by atoms with Crippen LogP contribution in [0.1, 0.15) is 27.7 Å². The Labute approximate surface area is 188 Å². The van der Waals surface area contributed by atoms with Gasteiger partial charge < -0.3 is 4.42 Å². The number of ketones is 1. The van der Waals surface area contributed by atoms with E-state index in [4.69, 9.17) is 4.42 Å². The second-order valence-corrected chi connectivity index (χ2v) is 7.79. The van der Waals surface area contributed by atoms with Gasteiger partial charge in [-0.25, -0.2) is 0 Å². The van der Waals surface area contributed by atoms with Crippen molar-refractivity contribution in [1.29, 1.82) is 5.26 Å². The molecule has 1 heterocycles. The van der Waals surface area contributed by atoms with Crippen molar-refractivity contribution in [2.24, 2.45) is 5.92 Å². The first-order chi connectivity index (χ1) is 16.1. The van der Waals surface area contributed by atoms with Gasteiger partial charge in [0.1, 0.15) is 0 Å². The van der Waals surface area contributed by atoms with E-state index in [1.807, 2.05) is 30.3 Å². The van der Waals surface area contributed by atoms with Gasteiger partial charge in [0, 0.05) is 29.2 Å². The average Bonchev–Trinajstić information content (AvgIpc) is 3.29. The number of nitriles is 1. The van der Waals surface area contributed by atoms with E-state index in [2.05, 4.69) is 16.3 Å². The molecule has 0 N–H and O–H groups in total. The summed E-state index contributed by atoms with van der Waals surface area (Å²) in [6.07, 6.45) is 0. The van der Waals surface area contributed by atoms with E-state index in [1.54, 1.807) is 42.5 Å². The fourth-order valence-electron chi connectivity index (χ4n) is 4.33. The van der Waals surface area contributed by atoms with Crippen LogP contribution in [0, 0.1) is 27.4 Å². The summed E-state index contributed by atoms with van der Waals surface area (Å²) >= 11 is 0. The number of Topliss-reactive ketones (excluding diaryl/α,β-unsaturated/α-hetero) is 1. The molecule has 0 aliphatic heterocycles. The zero-order valence-corrected chi connectivity index (χ0v) is 17.2. The molecule has 33 heavy (non-hydrogen) atoms. The quantitative estimate of drug-likeness (QED) is 0.244. The number of nitro benzene ring substituents is 1. The lowest BCUT2D eigenvalue weighted by atomic mass is 9.98. The summed E-state index contributed by atoms with van der Waals surface area (Å²) in [5.74, 6) is -1.27. The molecule has 3 atom stereocenters. The van der Waals surface area contributed by atoms with Crippen molar-refractivity contribution in [1.82, 2.24) is 10.2 Å². The van der Waals surface area contributed by atoms with Gasteiger partial charge in [-0.1, -0.05) is 60.7 Å². The Kier molecular flexibility index (Phi) is 4.79. The molecule has 4 aromatic rings. The number of non-ortho nitro benzene ring substituents is 1. The molecule has 3 aromatic carbocycles. The van der Waals surface area contributed by atoms with Crippen LogP contribution >= 0.6 is 0 Å². The van der Waals surface area contributed by atoms with Crippen LogP contribution < -0.4 is 0 Å². The zero-order valence-electron chi connectivity index (χ0n) is 17.2. The van der Waals surface area contributed by atoms with Crippen molar-refractivity contribution < 1.29 is 14.1 Å². The summed E-state index contributed by atoms with van der Waals surface area (Å²) in [6, 6.07) is 26.0. The number of nitro groups is 1. The highest BCUT2D eigenvalue weighted by Crippen LogP contribution is 2.66. The van der Waals surface area contributed by atoms with Crippen molar-refractivity contribution in [3.8, 4) is 17.5 Å². The maximum atomic E-state index is 13.4. The minimum absolute atomic E-state index is 0.0569. The third-order valence-electron chi connectivity index (χ3n) is 5.99. The zero-order chi connectivity index (χ0) is 23.0. The smallest absolute Gasteiger partial charge is 0.269 e. The van der Waals surface area contributed by atoms with E-state index in [0.717, 1.165) is 0 Å². The van der Waals surface area contributed by atoms with E-state index in [0.29, 0.717) is 16.7 Å². The number of hydrogen-bond donors (Lipinski definition) is 0. The molecule has 0 bridgehead atoms. The Morgan fingerprint density at radius 2 is 1.61 bits per heavy atom. The van der Waals surface area contributed by atoms with Crippen LogP contribution in [-0.2, 0) is 5.41 Å². The fourth-order valence-corrected chi connectivity index (χ4v) is 4.33. The molecule has 1 aliphatic carbocycles. The van der Waals surface area contributed by atoms with E-state index in [-0.39, 0.29) is 23.3 Å². The summed E-state index contributed by atoms with van der Waals surface area (Å²) in [5.41, 5.74) is 0.341. The van der Waals surface area contributed by atoms with Gasteiger partial charge in [-0.15, -0.1) is 10.2 Å². The standard InChI is InChI=1S/C25H16N4O4/c26-15-25(24-28-27-23(33-24)18-9-5-2-6-10-18)20(16-11-13-19(14-12-16)29(31)32)21(25)22(30)17-7-3-1-4-8-17/h1-14,20-21H/t20-,21+,25-/m1/s1. The largest absolute Gasteiger partial charge is 0.419 e. The normalized spacial score (nSPS) is 21.2. The molecule has 5 rings (SSSR count). The monoisotopic (exact) mass is 436 g/mol. The van der Waals surface area contributed by atoms with Crippen molar-refractivity contribution in [3.05, 3.63) is 112 Å². The number of hydrogen-bond acceptors (Lipinski definition) is 7. The summed E-state index contributed by atoms with van der Waals surface area (Å²) < 4.78 is 5.91. The van der Waals surface area contributed by atoms with Gasteiger partial charge in [0.05, 0.1) is 16.9 Å². The highest BCUT2D eigenvalue weighted by atomic mass is 16.6. The van der Waals surface area contributed by atoms with Crippen molar-refractivity contribution in [2.45, 2.75) is 11.3 Å². The summed E-state index contributed by atoms with van der Waals surface area (Å²) in [6.45, 7) is 0. The first-order valence-electron chi connectivity index (χ1n) is 10.2. The lowest BCUT2D eigenvalue weighted by Gasteiger charge is -2.04. The molecule has 1 aliphatic rings. The van der Waals surface area contributed by atoms with Crippen LogP contribution in [0.15, 0.2) is 89.3 Å². The Bertz CT molecular complexity index is 1380. The average molecular weight is 436 g/mol. The van der Waals surface area contributed by atoms with Gasteiger partial charge >= 0.3 is 0 Å². The lowest BCUT2D eigenvalue weighted by molar-refractivity contribution is -0.384. The Morgan fingerprint density at radius 1 is 0.970 bits per heavy atom. The van der Waals surface area contributed by atoms with Gasteiger partial charge in [0.2, 0.25) is 11.8 Å². The van der Waals surface area contributed by atoms with Gasteiger partial charge in [-0.05, 0) is 17.7 Å². The molecular formula is C25H16N4O4. The molecular weight excluding hydrogens is 420 g/mol. The van der Waals surface area contributed by atoms with Gasteiger partial charge in [0.15, 0.2) is 11.2 Å². The third kappa shape index (κ3) is 3.27. The van der Waals surface area contributed by atoms with Crippen LogP contribution in [0.5, 0.6) is 0 Å². The third-order valence-corrected chi connectivity index (χ3v) is 5.99. The second-order valence-electron chi connectivity index (χ2n) is 7.79. The summed E-state index contributed by atoms with van der Waals surface area (Å²) in [7, 11) is 0. The summed E-state index contributed by atoms with van der Waals surface area (Å²) in [5, 5.41) is 29.6. The van der Waals surface area contributed by atoms with Crippen molar-refractivity contribution in [3.63, 3.8) is 0 Å². The number of rotatable bonds is 6. The van der Waals surface area contributed by atoms with Gasteiger partial charge in [0.25, 0.3) is 5.69 Å². The Morgan fingerprint density at radius 3 is 2.21 bits per heavy atom. The van der Waals surface area contributed by atoms with Crippen LogP contribution in [0.3, 0.4) is 0 Å². The van der Waals surface area contributed by atoms with E-state index in [9.17, 15) is 20.2 Å². The minimum Gasteiger partial charge on any atom is -0.419 e. The summed E-state index contributed by atoms with van der Waals surface area (Å²) in [4.78, 5) is 24.0. The molecule has 1 fully saturated rings. The predicted octanol–water partition coefficient (Wildman–Crippen LogP) is 4.70. The van der Waals surface area contributed by atoms with Crippen molar-refractivity contribution in [2.75, 3.05) is 0 Å². The fraction of sp³-hybridized carbons (Fsp3) is 0.120. The topological polar surface area (TPSA) is 123 Å². The van der Waals surface area contributed by atoms with Crippen molar-refractivity contribution >= 4 is 11.5 Å². The highest BCUT2D eigenvalue weighted by Gasteiger charge is 2.73. The molecule has 0 spiro atoms. The maximum absolute atomic E-state index is 13.4. The highest BCUT2D eigenvalue weighted by molar-refractivity contribution is 6.03. The van der Waals surface area contributed by atoms with Crippen LogP contribution in [-0.4, -0.2) is 20.9 Å². The van der Waals surface area contributed by atoms with E-state index < -0.39 is 22.2 Å². The van der Waals surface area contributed by atoms with E-state index >= 15 is 0 Å². The molecule has 8 heteroatoms. The van der Waals surface area contributed by atoms with Gasteiger partial charge in [-0.2, -0.15) is 5.26 Å². The molecule has 8 nitrogen and oxygen atoms in total. The first kappa shape index (κ1) is 20.3. The van der Waals surface area contributed by atoms with Gasteiger partial charge in [-0.3, -0.25) is 14.9 Å². The molecule has 0 amide bonds. The molecule has 1 aromatic heterocycles. The molecule has 0 radical (unpaired) electrons. The molecule has 0 unspecified atom stereocenters. The number of carbonyl (C=O) groups is 1. The van der Waals surface area contributed by atoms with Crippen LogP contribution in [0.25, 0.3) is 11.5 Å². The maximum Gasteiger partial charge on any atom is 0.269 e. The Hall–Kier alpha value is -4.64. The van der Waals surface area contributed by atoms with Crippen LogP contribution in [0.2, 0.25) is 0 Å². The predicted molar refractivity (Wildman–Crippen MR) is 117 cm³/mol. The number of nitrogens with zero attached hydrogens (tertiary/aromatic N) is 4. The minimum atomic E-state index is -1.37. The molecule has 1 saturated carbocycles. The molecule has 160 valence electrons. The first-order valence-corrected chi connectivity index (χ1v) is 10.2. The molecule has 0 saturated heterocycles. The lowest BCUT2D eigenvalue weighted by Crippen LogP contribution is -2.14. The number of carbonyl (C=O) groups excluding carboxylic acids is 1.